The standard InChI is InChI=1S/C11H13BrClN/c1-6(14)8-5-9(8)7-2-3-10(12)11(13)4-7/h2-4,6,8-9H,5,14H2,1H3. The molecule has 1 saturated carbocycles. The van der Waals surface area contributed by atoms with E-state index in [-0.39, 0.29) is 0 Å². The smallest absolute Gasteiger partial charge is 0.0550 e. The fraction of sp³-hybridized carbons (Fsp3) is 0.455. The van der Waals surface area contributed by atoms with E-state index in [0.29, 0.717) is 17.9 Å². The molecule has 76 valence electrons. The van der Waals surface area contributed by atoms with E-state index >= 15 is 0 Å². The second-order valence-corrected chi connectivity index (χ2v) is 5.30. The first kappa shape index (κ1) is 10.5. The molecule has 14 heavy (non-hydrogen) atoms. The van der Waals surface area contributed by atoms with Gasteiger partial charge in [0, 0.05) is 10.5 Å². The Bertz CT molecular complexity index is 351. The van der Waals surface area contributed by atoms with E-state index in [1.807, 2.05) is 12.1 Å². The van der Waals surface area contributed by atoms with Gasteiger partial charge in [-0.25, -0.2) is 0 Å². The van der Waals surface area contributed by atoms with Gasteiger partial charge in [0.1, 0.15) is 0 Å². The van der Waals surface area contributed by atoms with Crippen molar-refractivity contribution in [1.82, 2.24) is 0 Å². The molecule has 2 N–H and O–H groups in total. The molecule has 2 rings (SSSR count). The topological polar surface area (TPSA) is 26.0 Å². The van der Waals surface area contributed by atoms with Crippen molar-refractivity contribution in [2.45, 2.75) is 25.3 Å². The highest BCUT2D eigenvalue weighted by Gasteiger charge is 2.40. The van der Waals surface area contributed by atoms with Gasteiger partial charge in [-0.2, -0.15) is 0 Å². The summed E-state index contributed by atoms with van der Waals surface area (Å²) in [5.74, 6) is 1.27. The highest BCUT2D eigenvalue weighted by Crippen LogP contribution is 2.49. The number of nitrogens with two attached hydrogens (primary N) is 1. The molecule has 1 aromatic carbocycles. The van der Waals surface area contributed by atoms with Gasteiger partial charge in [0.15, 0.2) is 0 Å². The molecule has 1 fully saturated rings. The number of hydrogen-bond acceptors (Lipinski definition) is 1. The van der Waals surface area contributed by atoms with Gasteiger partial charge in [-0.3, -0.25) is 0 Å². The minimum Gasteiger partial charge on any atom is -0.328 e. The zero-order valence-corrected chi connectivity index (χ0v) is 10.3. The van der Waals surface area contributed by atoms with E-state index < -0.39 is 0 Å². The first-order valence-electron chi connectivity index (χ1n) is 4.80. The van der Waals surface area contributed by atoms with E-state index in [9.17, 15) is 0 Å². The summed E-state index contributed by atoms with van der Waals surface area (Å²) >= 11 is 9.42. The Balaban J connectivity index is 2.16. The van der Waals surface area contributed by atoms with Crippen molar-refractivity contribution < 1.29 is 0 Å². The molecule has 0 radical (unpaired) electrons. The normalized spacial score (nSPS) is 27.4. The fourth-order valence-electron chi connectivity index (χ4n) is 1.92. The van der Waals surface area contributed by atoms with E-state index in [0.717, 1.165) is 9.50 Å². The first-order chi connectivity index (χ1) is 6.59. The van der Waals surface area contributed by atoms with Crippen LogP contribution in [0.1, 0.15) is 24.8 Å². The van der Waals surface area contributed by atoms with Crippen LogP contribution in [0.25, 0.3) is 0 Å². The quantitative estimate of drug-likeness (QED) is 0.877. The van der Waals surface area contributed by atoms with Gasteiger partial charge < -0.3 is 5.73 Å². The minimum absolute atomic E-state index is 0.294. The molecule has 1 aromatic rings. The predicted octanol–water partition coefficient (Wildman–Crippen LogP) is 3.55. The Hall–Kier alpha value is -0.0500. The van der Waals surface area contributed by atoms with Gasteiger partial charge in [0.05, 0.1) is 5.02 Å². The van der Waals surface area contributed by atoms with Crippen LogP contribution in [0.5, 0.6) is 0 Å². The van der Waals surface area contributed by atoms with E-state index in [2.05, 4.69) is 28.9 Å². The summed E-state index contributed by atoms with van der Waals surface area (Å²) in [6.07, 6.45) is 1.20. The van der Waals surface area contributed by atoms with E-state index in [1.165, 1.54) is 12.0 Å². The molecule has 0 saturated heterocycles. The van der Waals surface area contributed by atoms with Gasteiger partial charge in [0.2, 0.25) is 0 Å². The van der Waals surface area contributed by atoms with Crippen molar-refractivity contribution in [2.24, 2.45) is 11.7 Å². The molecule has 3 heteroatoms. The summed E-state index contributed by atoms with van der Waals surface area (Å²) in [6.45, 7) is 2.07. The van der Waals surface area contributed by atoms with Crippen LogP contribution in [0, 0.1) is 5.92 Å². The Morgan fingerprint density at radius 1 is 1.57 bits per heavy atom. The van der Waals surface area contributed by atoms with Gasteiger partial charge in [-0.15, -0.1) is 0 Å². The van der Waals surface area contributed by atoms with Gasteiger partial charge in [-0.05, 0) is 58.8 Å². The van der Waals surface area contributed by atoms with Crippen LogP contribution in [0.2, 0.25) is 5.02 Å². The largest absolute Gasteiger partial charge is 0.328 e. The van der Waals surface area contributed by atoms with E-state index in [4.69, 9.17) is 17.3 Å². The summed E-state index contributed by atoms with van der Waals surface area (Å²) in [5, 5.41) is 0.790. The molecule has 1 aliphatic rings. The van der Waals surface area contributed by atoms with Crippen molar-refractivity contribution in [3.63, 3.8) is 0 Å². The predicted molar refractivity (Wildman–Crippen MR) is 63.6 cm³/mol. The van der Waals surface area contributed by atoms with Crippen LogP contribution in [-0.2, 0) is 0 Å². The Morgan fingerprint density at radius 2 is 2.29 bits per heavy atom. The molecule has 0 aliphatic heterocycles. The summed E-state index contributed by atoms with van der Waals surface area (Å²) in [5.41, 5.74) is 7.17. The summed E-state index contributed by atoms with van der Waals surface area (Å²) in [4.78, 5) is 0. The first-order valence-corrected chi connectivity index (χ1v) is 5.97. The van der Waals surface area contributed by atoms with Crippen LogP contribution >= 0.6 is 27.5 Å². The molecular formula is C11H13BrClN. The Labute approximate surface area is 97.8 Å². The minimum atomic E-state index is 0.294. The Kier molecular flexibility index (Phi) is 2.87. The second kappa shape index (κ2) is 3.84. The zero-order valence-electron chi connectivity index (χ0n) is 8.00. The maximum atomic E-state index is 6.03. The third-order valence-corrected chi connectivity index (χ3v) is 4.12. The summed E-state index contributed by atoms with van der Waals surface area (Å²) in [6, 6.07) is 6.47. The lowest BCUT2D eigenvalue weighted by atomic mass is 10.1. The van der Waals surface area contributed by atoms with Crippen molar-refractivity contribution in [3.05, 3.63) is 33.3 Å². The highest BCUT2D eigenvalue weighted by atomic mass is 79.9. The maximum Gasteiger partial charge on any atom is 0.0550 e. The zero-order chi connectivity index (χ0) is 10.3. The van der Waals surface area contributed by atoms with Crippen LogP contribution in [-0.4, -0.2) is 6.04 Å². The molecule has 0 amide bonds. The molecule has 3 unspecified atom stereocenters. The number of benzene rings is 1. The Morgan fingerprint density at radius 3 is 2.79 bits per heavy atom. The molecule has 0 spiro atoms. The molecule has 0 aromatic heterocycles. The molecular weight excluding hydrogens is 261 g/mol. The van der Waals surface area contributed by atoms with Gasteiger partial charge in [0.25, 0.3) is 0 Å². The molecule has 3 atom stereocenters. The molecule has 0 heterocycles. The lowest BCUT2D eigenvalue weighted by Gasteiger charge is -2.05. The van der Waals surface area contributed by atoms with Crippen molar-refractivity contribution in [1.29, 1.82) is 0 Å². The van der Waals surface area contributed by atoms with Crippen LogP contribution in [0.3, 0.4) is 0 Å². The number of halogens is 2. The summed E-state index contributed by atoms with van der Waals surface area (Å²) < 4.78 is 0.959. The lowest BCUT2D eigenvalue weighted by molar-refractivity contribution is 0.631. The average molecular weight is 275 g/mol. The summed E-state index contributed by atoms with van der Waals surface area (Å²) in [7, 11) is 0. The second-order valence-electron chi connectivity index (χ2n) is 4.04. The highest BCUT2D eigenvalue weighted by molar-refractivity contribution is 9.10. The lowest BCUT2D eigenvalue weighted by Crippen LogP contribution is -2.17. The van der Waals surface area contributed by atoms with Gasteiger partial charge >= 0.3 is 0 Å². The third kappa shape index (κ3) is 1.97. The monoisotopic (exact) mass is 273 g/mol. The third-order valence-electron chi connectivity index (χ3n) is 2.89. The number of rotatable bonds is 2. The van der Waals surface area contributed by atoms with Crippen molar-refractivity contribution in [3.8, 4) is 0 Å². The van der Waals surface area contributed by atoms with Crippen molar-refractivity contribution in [2.75, 3.05) is 0 Å². The van der Waals surface area contributed by atoms with Gasteiger partial charge in [-0.1, -0.05) is 17.7 Å². The average Bonchev–Trinajstić information content (AvgIpc) is 2.89. The van der Waals surface area contributed by atoms with Crippen LogP contribution < -0.4 is 5.73 Å². The van der Waals surface area contributed by atoms with Crippen LogP contribution in [0.15, 0.2) is 22.7 Å². The fourth-order valence-corrected chi connectivity index (χ4v) is 2.36. The SMILES string of the molecule is CC(N)C1CC1c1ccc(Br)c(Cl)c1. The van der Waals surface area contributed by atoms with Crippen LogP contribution in [0.4, 0.5) is 0 Å². The van der Waals surface area contributed by atoms with Crippen molar-refractivity contribution >= 4 is 27.5 Å². The molecule has 0 bridgehead atoms. The molecule has 1 nitrogen and oxygen atoms in total. The maximum absolute atomic E-state index is 6.03. The number of hydrogen-bond donors (Lipinski definition) is 1. The van der Waals surface area contributed by atoms with E-state index in [1.54, 1.807) is 0 Å². The molecule has 1 aliphatic carbocycles.